The molecule has 0 amide bonds. The van der Waals surface area contributed by atoms with Crippen molar-refractivity contribution in [3.05, 3.63) is 0 Å². The SMILES string of the molecule is CC(CNC1CCCCC1)Sc1nnnn1C1CCCC1. The van der Waals surface area contributed by atoms with E-state index in [-0.39, 0.29) is 0 Å². The van der Waals surface area contributed by atoms with Crippen LogP contribution in [0, 0.1) is 0 Å². The van der Waals surface area contributed by atoms with E-state index in [1.54, 1.807) is 0 Å². The Morgan fingerprint density at radius 1 is 1.14 bits per heavy atom. The summed E-state index contributed by atoms with van der Waals surface area (Å²) in [4.78, 5) is 0. The van der Waals surface area contributed by atoms with Gasteiger partial charge in [-0.25, -0.2) is 4.68 Å². The first-order valence-corrected chi connectivity index (χ1v) is 9.39. The topological polar surface area (TPSA) is 55.6 Å². The van der Waals surface area contributed by atoms with Gasteiger partial charge in [0.2, 0.25) is 5.16 Å². The van der Waals surface area contributed by atoms with Crippen molar-refractivity contribution < 1.29 is 0 Å². The van der Waals surface area contributed by atoms with Gasteiger partial charge in [0.05, 0.1) is 6.04 Å². The normalized spacial score (nSPS) is 22.7. The van der Waals surface area contributed by atoms with Crippen LogP contribution in [0.4, 0.5) is 0 Å². The fourth-order valence-electron chi connectivity index (χ4n) is 3.50. The third-order valence-corrected chi connectivity index (χ3v) is 5.79. The Labute approximate surface area is 131 Å². The maximum atomic E-state index is 4.23. The number of hydrogen-bond donors (Lipinski definition) is 1. The molecule has 3 rings (SSSR count). The predicted octanol–water partition coefficient (Wildman–Crippen LogP) is 3.19. The summed E-state index contributed by atoms with van der Waals surface area (Å²) in [6, 6.07) is 1.26. The van der Waals surface area contributed by atoms with Gasteiger partial charge in [-0.2, -0.15) is 0 Å². The van der Waals surface area contributed by atoms with Crippen LogP contribution in [-0.2, 0) is 0 Å². The monoisotopic (exact) mass is 309 g/mol. The van der Waals surface area contributed by atoms with Gasteiger partial charge >= 0.3 is 0 Å². The molecule has 0 radical (unpaired) electrons. The van der Waals surface area contributed by atoms with Crippen LogP contribution in [0.25, 0.3) is 0 Å². The van der Waals surface area contributed by atoms with Gasteiger partial charge in [-0.15, -0.1) is 5.10 Å². The Balaban J connectivity index is 1.48. The van der Waals surface area contributed by atoms with Crippen molar-refractivity contribution in [3.63, 3.8) is 0 Å². The molecule has 0 spiro atoms. The summed E-state index contributed by atoms with van der Waals surface area (Å²) in [5.41, 5.74) is 0. The van der Waals surface area contributed by atoms with E-state index >= 15 is 0 Å². The summed E-state index contributed by atoms with van der Waals surface area (Å²) in [6.07, 6.45) is 12.0. The zero-order chi connectivity index (χ0) is 14.5. The molecular formula is C15H27N5S. The van der Waals surface area contributed by atoms with E-state index in [9.17, 15) is 0 Å². The first-order valence-electron chi connectivity index (χ1n) is 8.51. The van der Waals surface area contributed by atoms with Gasteiger partial charge in [-0.1, -0.05) is 50.8 Å². The molecule has 6 heteroatoms. The first kappa shape index (κ1) is 15.3. The van der Waals surface area contributed by atoms with E-state index < -0.39 is 0 Å². The second-order valence-corrected chi connectivity index (χ2v) is 7.92. The van der Waals surface area contributed by atoms with Crippen molar-refractivity contribution in [2.75, 3.05) is 6.54 Å². The molecule has 0 aliphatic heterocycles. The van der Waals surface area contributed by atoms with Gasteiger partial charge in [0.1, 0.15) is 0 Å². The molecule has 2 fully saturated rings. The number of nitrogens with zero attached hydrogens (tertiary/aromatic N) is 4. The van der Waals surface area contributed by atoms with Gasteiger partial charge in [0.25, 0.3) is 0 Å². The summed E-state index contributed by atoms with van der Waals surface area (Å²) < 4.78 is 2.06. The van der Waals surface area contributed by atoms with Crippen LogP contribution in [0.1, 0.15) is 70.8 Å². The molecule has 0 saturated heterocycles. The average molecular weight is 309 g/mol. The molecule has 1 heterocycles. The minimum atomic E-state index is 0.512. The average Bonchev–Trinajstić information content (AvgIpc) is 3.17. The van der Waals surface area contributed by atoms with E-state index in [1.807, 2.05) is 11.8 Å². The molecule has 2 aliphatic carbocycles. The molecular weight excluding hydrogens is 282 g/mol. The summed E-state index contributed by atoms with van der Waals surface area (Å²) >= 11 is 1.82. The first-order chi connectivity index (χ1) is 10.3. The fourth-order valence-corrected chi connectivity index (χ4v) is 4.42. The van der Waals surface area contributed by atoms with E-state index in [2.05, 4.69) is 32.4 Å². The summed E-state index contributed by atoms with van der Waals surface area (Å²) in [7, 11) is 0. The Hall–Kier alpha value is -0.620. The molecule has 1 aromatic rings. The van der Waals surface area contributed by atoms with Crippen molar-refractivity contribution in [1.82, 2.24) is 25.5 Å². The van der Waals surface area contributed by atoms with E-state index in [1.165, 1.54) is 57.8 Å². The molecule has 1 aromatic heterocycles. The van der Waals surface area contributed by atoms with Crippen molar-refractivity contribution >= 4 is 11.8 Å². The Morgan fingerprint density at radius 2 is 1.86 bits per heavy atom. The molecule has 2 saturated carbocycles. The van der Waals surface area contributed by atoms with E-state index in [0.29, 0.717) is 11.3 Å². The predicted molar refractivity (Wildman–Crippen MR) is 85.5 cm³/mol. The highest BCUT2D eigenvalue weighted by atomic mass is 32.2. The number of rotatable bonds is 6. The van der Waals surface area contributed by atoms with Crippen molar-refractivity contribution in [2.24, 2.45) is 0 Å². The Bertz CT molecular complexity index is 423. The lowest BCUT2D eigenvalue weighted by Crippen LogP contribution is -2.35. The van der Waals surface area contributed by atoms with Gasteiger partial charge in [-0.05, 0) is 36.1 Å². The highest BCUT2D eigenvalue weighted by Crippen LogP contribution is 2.32. The third-order valence-electron chi connectivity index (χ3n) is 4.74. The second kappa shape index (κ2) is 7.58. The molecule has 0 aromatic carbocycles. The number of aromatic nitrogens is 4. The van der Waals surface area contributed by atoms with Crippen LogP contribution in [0.2, 0.25) is 0 Å². The highest BCUT2D eigenvalue weighted by molar-refractivity contribution is 7.99. The number of thioether (sulfide) groups is 1. The Morgan fingerprint density at radius 3 is 2.62 bits per heavy atom. The van der Waals surface area contributed by atoms with Crippen LogP contribution in [0.5, 0.6) is 0 Å². The van der Waals surface area contributed by atoms with Gasteiger partial charge in [-0.3, -0.25) is 0 Å². The fraction of sp³-hybridized carbons (Fsp3) is 0.933. The van der Waals surface area contributed by atoms with E-state index in [4.69, 9.17) is 0 Å². The quantitative estimate of drug-likeness (QED) is 0.818. The van der Waals surface area contributed by atoms with Crippen LogP contribution in [-0.4, -0.2) is 38.0 Å². The maximum absolute atomic E-state index is 4.23. The molecule has 2 aliphatic rings. The van der Waals surface area contributed by atoms with Crippen LogP contribution in [0.3, 0.4) is 0 Å². The Kier molecular flexibility index (Phi) is 5.52. The van der Waals surface area contributed by atoms with E-state index in [0.717, 1.165) is 17.7 Å². The molecule has 118 valence electrons. The van der Waals surface area contributed by atoms with Gasteiger partial charge in [0.15, 0.2) is 0 Å². The smallest absolute Gasteiger partial charge is 0.209 e. The minimum absolute atomic E-state index is 0.512. The van der Waals surface area contributed by atoms with Crippen LogP contribution < -0.4 is 5.32 Å². The van der Waals surface area contributed by atoms with Crippen molar-refractivity contribution in [1.29, 1.82) is 0 Å². The lowest BCUT2D eigenvalue weighted by molar-refractivity contribution is 0.375. The maximum Gasteiger partial charge on any atom is 0.209 e. The highest BCUT2D eigenvalue weighted by Gasteiger charge is 2.23. The third kappa shape index (κ3) is 4.19. The number of nitrogens with one attached hydrogen (secondary N) is 1. The molecule has 0 bridgehead atoms. The standard InChI is InChI=1S/C15H27N5S/c1-12(11-16-13-7-3-2-4-8-13)21-15-17-18-19-20(15)14-9-5-6-10-14/h12-14,16H,2-11H2,1H3. The van der Waals surface area contributed by atoms with Gasteiger partial charge in [0, 0.05) is 17.8 Å². The summed E-state index contributed by atoms with van der Waals surface area (Å²) in [6.45, 7) is 3.32. The molecule has 1 N–H and O–H groups in total. The van der Waals surface area contributed by atoms with Crippen molar-refractivity contribution in [3.8, 4) is 0 Å². The van der Waals surface area contributed by atoms with Crippen LogP contribution in [0.15, 0.2) is 5.16 Å². The largest absolute Gasteiger partial charge is 0.313 e. The minimum Gasteiger partial charge on any atom is -0.313 e. The summed E-state index contributed by atoms with van der Waals surface area (Å²) in [5.74, 6) is 0. The lowest BCUT2D eigenvalue weighted by atomic mass is 9.95. The number of hydrogen-bond acceptors (Lipinski definition) is 5. The van der Waals surface area contributed by atoms with Crippen LogP contribution >= 0.6 is 11.8 Å². The molecule has 5 nitrogen and oxygen atoms in total. The number of tetrazole rings is 1. The van der Waals surface area contributed by atoms with Gasteiger partial charge < -0.3 is 5.32 Å². The summed E-state index contributed by atoms with van der Waals surface area (Å²) in [5, 5.41) is 17.6. The second-order valence-electron chi connectivity index (χ2n) is 6.52. The molecule has 1 unspecified atom stereocenters. The van der Waals surface area contributed by atoms with Crippen molar-refractivity contribution in [2.45, 2.75) is 87.2 Å². The lowest BCUT2D eigenvalue weighted by Gasteiger charge is -2.24. The molecule has 21 heavy (non-hydrogen) atoms. The molecule has 1 atom stereocenters. The zero-order valence-corrected chi connectivity index (χ0v) is 13.8. The zero-order valence-electron chi connectivity index (χ0n) is 13.0.